The number of carbonyl (C=O) groups is 1. The predicted octanol–water partition coefficient (Wildman–Crippen LogP) is 3.42. The summed E-state index contributed by atoms with van der Waals surface area (Å²) in [5.74, 6) is 0.939. The Hall–Kier alpha value is -2.79. The van der Waals surface area contributed by atoms with E-state index in [2.05, 4.69) is 29.0 Å². The quantitative estimate of drug-likeness (QED) is 0.660. The van der Waals surface area contributed by atoms with Gasteiger partial charge in [-0.25, -0.2) is 0 Å². The lowest BCUT2D eigenvalue weighted by Crippen LogP contribution is -2.32. The Morgan fingerprint density at radius 3 is 2.79 bits per heavy atom. The average molecular weight is 378 g/mol. The van der Waals surface area contributed by atoms with E-state index in [4.69, 9.17) is 9.47 Å². The number of hydrogen-bond acceptors (Lipinski definition) is 3. The SMILES string of the molecule is COCCn1cc2c3c(cccc31)CN(C(=O)Cc1cccc(OC)c1)CC2. The third-order valence-electron chi connectivity index (χ3n) is 5.46. The van der Waals surface area contributed by atoms with E-state index in [1.807, 2.05) is 29.2 Å². The molecule has 0 bridgehead atoms. The van der Waals surface area contributed by atoms with Gasteiger partial charge in [-0.3, -0.25) is 4.79 Å². The molecule has 2 aromatic carbocycles. The van der Waals surface area contributed by atoms with Crippen molar-refractivity contribution in [1.29, 1.82) is 0 Å². The van der Waals surface area contributed by atoms with E-state index in [9.17, 15) is 4.79 Å². The van der Waals surface area contributed by atoms with Crippen LogP contribution in [-0.4, -0.2) is 42.7 Å². The minimum atomic E-state index is 0.155. The second-order valence-corrected chi connectivity index (χ2v) is 7.25. The van der Waals surface area contributed by atoms with Gasteiger partial charge in [-0.05, 0) is 41.3 Å². The molecule has 3 aromatic rings. The molecule has 4 rings (SSSR count). The molecule has 1 amide bonds. The molecule has 1 aliphatic heterocycles. The van der Waals surface area contributed by atoms with Gasteiger partial charge in [0.25, 0.3) is 0 Å². The number of nitrogens with zero attached hydrogens (tertiary/aromatic N) is 2. The van der Waals surface area contributed by atoms with Crippen molar-refractivity contribution in [3.63, 3.8) is 0 Å². The lowest BCUT2D eigenvalue weighted by molar-refractivity contribution is -0.131. The first-order chi connectivity index (χ1) is 13.7. The highest BCUT2D eigenvalue weighted by molar-refractivity contribution is 5.89. The molecule has 0 radical (unpaired) electrons. The first kappa shape index (κ1) is 18.6. The Kier molecular flexibility index (Phi) is 5.35. The average Bonchev–Trinajstić information content (AvgIpc) is 2.96. The van der Waals surface area contributed by atoms with Crippen molar-refractivity contribution >= 4 is 16.8 Å². The summed E-state index contributed by atoms with van der Waals surface area (Å²) in [4.78, 5) is 15.0. The Morgan fingerprint density at radius 2 is 1.96 bits per heavy atom. The molecule has 1 aromatic heterocycles. The molecule has 0 fully saturated rings. The van der Waals surface area contributed by atoms with Crippen LogP contribution in [0.2, 0.25) is 0 Å². The molecule has 5 nitrogen and oxygen atoms in total. The normalized spacial score (nSPS) is 13.6. The molecule has 0 saturated heterocycles. The number of hydrogen-bond donors (Lipinski definition) is 0. The summed E-state index contributed by atoms with van der Waals surface area (Å²) in [6, 6.07) is 14.1. The summed E-state index contributed by atoms with van der Waals surface area (Å²) in [6.07, 6.45) is 3.49. The van der Waals surface area contributed by atoms with Gasteiger partial charge >= 0.3 is 0 Å². The van der Waals surface area contributed by atoms with Gasteiger partial charge in [-0.1, -0.05) is 24.3 Å². The van der Waals surface area contributed by atoms with Crippen LogP contribution in [0.15, 0.2) is 48.7 Å². The van der Waals surface area contributed by atoms with Crippen molar-refractivity contribution in [3.8, 4) is 5.75 Å². The fraction of sp³-hybridized carbons (Fsp3) is 0.348. The van der Waals surface area contributed by atoms with Crippen LogP contribution >= 0.6 is 0 Å². The number of rotatable bonds is 6. The van der Waals surface area contributed by atoms with Crippen LogP contribution in [0.3, 0.4) is 0 Å². The smallest absolute Gasteiger partial charge is 0.227 e. The predicted molar refractivity (Wildman–Crippen MR) is 110 cm³/mol. The van der Waals surface area contributed by atoms with E-state index < -0.39 is 0 Å². The second-order valence-electron chi connectivity index (χ2n) is 7.25. The molecular formula is C23H26N2O3. The molecule has 5 heteroatoms. The Labute approximate surface area is 165 Å². The molecule has 146 valence electrons. The minimum absolute atomic E-state index is 0.155. The standard InChI is InChI=1S/C23H26N2O3/c1-27-12-11-24-15-19-9-10-25(16-18-6-4-8-21(24)23(18)19)22(26)14-17-5-3-7-20(13-17)28-2/h3-8,13,15H,9-12,14,16H2,1-2H3. The molecule has 0 atom stereocenters. The summed E-state index contributed by atoms with van der Waals surface area (Å²) in [5, 5.41) is 1.30. The van der Waals surface area contributed by atoms with Gasteiger partial charge in [0.2, 0.25) is 5.91 Å². The number of benzene rings is 2. The molecule has 0 aliphatic carbocycles. The Morgan fingerprint density at radius 1 is 1.11 bits per heavy atom. The van der Waals surface area contributed by atoms with Gasteiger partial charge in [-0.15, -0.1) is 0 Å². The molecular weight excluding hydrogens is 352 g/mol. The van der Waals surface area contributed by atoms with Gasteiger partial charge in [0.15, 0.2) is 0 Å². The maximum atomic E-state index is 13.0. The first-order valence-electron chi connectivity index (χ1n) is 9.69. The topological polar surface area (TPSA) is 43.7 Å². The lowest BCUT2D eigenvalue weighted by Gasteiger charge is -2.21. The van der Waals surface area contributed by atoms with E-state index in [0.29, 0.717) is 19.6 Å². The van der Waals surface area contributed by atoms with Crippen LogP contribution in [-0.2, 0) is 35.5 Å². The molecule has 1 aliphatic rings. The highest BCUT2D eigenvalue weighted by atomic mass is 16.5. The van der Waals surface area contributed by atoms with Crippen molar-refractivity contribution in [2.45, 2.75) is 25.9 Å². The summed E-state index contributed by atoms with van der Waals surface area (Å²) in [6.45, 7) is 2.93. The molecule has 2 heterocycles. The van der Waals surface area contributed by atoms with E-state index in [1.165, 1.54) is 22.0 Å². The Bertz CT molecular complexity index is 993. The van der Waals surface area contributed by atoms with Gasteiger partial charge in [0.1, 0.15) is 5.75 Å². The molecule has 0 spiro atoms. The third kappa shape index (κ3) is 3.62. The zero-order chi connectivity index (χ0) is 19.5. The van der Waals surface area contributed by atoms with Gasteiger partial charge in [0, 0.05) is 43.8 Å². The largest absolute Gasteiger partial charge is 0.497 e. The zero-order valence-electron chi connectivity index (χ0n) is 16.5. The lowest BCUT2D eigenvalue weighted by atomic mass is 10.1. The van der Waals surface area contributed by atoms with Gasteiger partial charge in [0.05, 0.1) is 20.1 Å². The maximum Gasteiger partial charge on any atom is 0.227 e. The summed E-state index contributed by atoms with van der Waals surface area (Å²) in [5.41, 5.74) is 4.75. The molecule has 0 N–H and O–H groups in total. The summed E-state index contributed by atoms with van der Waals surface area (Å²) in [7, 11) is 3.37. The fourth-order valence-electron chi connectivity index (χ4n) is 4.04. The van der Waals surface area contributed by atoms with Crippen LogP contribution in [0, 0.1) is 0 Å². The molecule has 0 saturated carbocycles. The van der Waals surface area contributed by atoms with E-state index in [-0.39, 0.29) is 5.91 Å². The number of carbonyl (C=O) groups excluding carboxylic acids is 1. The van der Waals surface area contributed by atoms with Crippen molar-refractivity contribution in [2.75, 3.05) is 27.4 Å². The molecule has 28 heavy (non-hydrogen) atoms. The third-order valence-corrected chi connectivity index (χ3v) is 5.46. The van der Waals surface area contributed by atoms with E-state index in [1.54, 1.807) is 14.2 Å². The van der Waals surface area contributed by atoms with E-state index >= 15 is 0 Å². The van der Waals surface area contributed by atoms with Crippen LogP contribution in [0.25, 0.3) is 10.9 Å². The monoisotopic (exact) mass is 378 g/mol. The number of aromatic nitrogens is 1. The van der Waals surface area contributed by atoms with Crippen molar-refractivity contribution in [1.82, 2.24) is 9.47 Å². The van der Waals surface area contributed by atoms with Crippen molar-refractivity contribution in [2.24, 2.45) is 0 Å². The number of ether oxygens (including phenoxy) is 2. The van der Waals surface area contributed by atoms with E-state index in [0.717, 1.165) is 30.8 Å². The number of methoxy groups -OCH3 is 2. The first-order valence-corrected chi connectivity index (χ1v) is 9.69. The minimum Gasteiger partial charge on any atom is -0.497 e. The zero-order valence-corrected chi connectivity index (χ0v) is 16.5. The number of amides is 1. The fourth-order valence-corrected chi connectivity index (χ4v) is 4.04. The van der Waals surface area contributed by atoms with Gasteiger partial charge < -0.3 is 18.9 Å². The van der Waals surface area contributed by atoms with Crippen LogP contribution < -0.4 is 4.74 Å². The highest BCUT2D eigenvalue weighted by Crippen LogP contribution is 2.30. The van der Waals surface area contributed by atoms with Crippen molar-refractivity contribution in [3.05, 3.63) is 65.4 Å². The summed E-state index contributed by atoms with van der Waals surface area (Å²) < 4.78 is 12.8. The second kappa shape index (κ2) is 8.07. The van der Waals surface area contributed by atoms with Crippen LogP contribution in [0.1, 0.15) is 16.7 Å². The Balaban J connectivity index is 1.56. The summed E-state index contributed by atoms with van der Waals surface area (Å²) >= 11 is 0. The maximum absolute atomic E-state index is 13.0. The van der Waals surface area contributed by atoms with Crippen LogP contribution in [0.4, 0.5) is 0 Å². The molecule has 0 unspecified atom stereocenters. The highest BCUT2D eigenvalue weighted by Gasteiger charge is 2.22. The van der Waals surface area contributed by atoms with Crippen molar-refractivity contribution < 1.29 is 14.3 Å². The van der Waals surface area contributed by atoms with Crippen LogP contribution in [0.5, 0.6) is 5.75 Å². The van der Waals surface area contributed by atoms with Gasteiger partial charge in [-0.2, -0.15) is 0 Å².